The summed E-state index contributed by atoms with van der Waals surface area (Å²) in [5.74, 6) is 0.769. The van der Waals surface area contributed by atoms with E-state index in [9.17, 15) is 24.4 Å². The molecule has 1 atom stereocenters. The standard InChI is InChI=1S/C46H53ClN6O5/c1-45(2)40(46(3,4)44(45)58-35-11-7-31(26-48)37(47)24-35)25-39(54)30-5-8-33(9-6-30)51-17-15-29(16-18-51)27-50-19-21-52(22-20-50)34-10-12-36-32(23-34)28-53(43(36)57)38-13-14-41(55)49-42(38)56/h5-12,23-24,29,38,40,44H,13-22,25,27-28H2,1-4H3,(H,49,55,56). The number of piperidine rings is 2. The van der Waals surface area contributed by atoms with E-state index < -0.39 is 6.04 Å². The molecule has 1 unspecified atom stereocenters. The largest absolute Gasteiger partial charge is 0.489 e. The number of ketones is 1. The first-order valence-corrected chi connectivity index (χ1v) is 21.1. The Kier molecular flexibility index (Phi) is 10.8. The lowest BCUT2D eigenvalue weighted by molar-refractivity contribution is -0.196. The van der Waals surface area contributed by atoms with Crippen molar-refractivity contribution in [2.75, 3.05) is 55.6 Å². The van der Waals surface area contributed by atoms with Crippen LogP contribution in [0.1, 0.15) is 91.6 Å². The van der Waals surface area contributed by atoms with Gasteiger partial charge >= 0.3 is 0 Å². The van der Waals surface area contributed by atoms with Gasteiger partial charge in [0.1, 0.15) is 24.0 Å². The van der Waals surface area contributed by atoms with Gasteiger partial charge in [-0.05, 0) is 91.3 Å². The second-order valence-corrected chi connectivity index (χ2v) is 18.5. The number of amides is 3. The summed E-state index contributed by atoms with van der Waals surface area (Å²) in [5.41, 5.74) is 4.57. The molecule has 4 aliphatic heterocycles. The number of benzene rings is 3. The van der Waals surface area contributed by atoms with E-state index in [-0.39, 0.29) is 52.8 Å². The Morgan fingerprint density at radius 3 is 2.19 bits per heavy atom. The van der Waals surface area contributed by atoms with Gasteiger partial charge in [-0.25, -0.2) is 0 Å². The summed E-state index contributed by atoms with van der Waals surface area (Å²) in [6, 6.07) is 20.9. The molecular formula is C46H53ClN6O5. The topological polar surface area (TPSA) is 126 Å². The second-order valence-electron chi connectivity index (χ2n) is 18.1. The fourth-order valence-electron chi connectivity index (χ4n) is 10.7. The number of nitrogens with zero attached hydrogens (tertiary/aromatic N) is 5. The maximum absolute atomic E-state index is 13.6. The van der Waals surface area contributed by atoms with Gasteiger partial charge in [-0.3, -0.25) is 29.4 Å². The number of rotatable bonds is 10. The van der Waals surface area contributed by atoms with Crippen molar-refractivity contribution in [3.05, 3.63) is 87.9 Å². The molecule has 3 aromatic carbocycles. The Hall–Kier alpha value is -4.92. The number of Topliss-reactive ketones (excluding diaryl/α,β-unsaturated/α-hetero) is 1. The molecule has 3 aromatic rings. The minimum atomic E-state index is -0.600. The van der Waals surface area contributed by atoms with Gasteiger partial charge in [-0.1, -0.05) is 39.3 Å². The number of hydrogen-bond donors (Lipinski definition) is 1. The zero-order chi connectivity index (χ0) is 40.9. The van der Waals surface area contributed by atoms with Gasteiger partial charge in [-0.2, -0.15) is 5.26 Å². The third kappa shape index (κ3) is 7.57. The lowest BCUT2D eigenvalue weighted by atomic mass is 9.44. The van der Waals surface area contributed by atoms with Crippen molar-refractivity contribution < 1.29 is 23.9 Å². The summed E-state index contributed by atoms with van der Waals surface area (Å²) in [6.45, 7) is 16.0. The van der Waals surface area contributed by atoms with Crippen LogP contribution in [0.3, 0.4) is 0 Å². The van der Waals surface area contributed by atoms with Crippen molar-refractivity contribution in [1.29, 1.82) is 5.26 Å². The first-order chi connectivity index (χ1) is 27.7. The minimum Gasteiger partial charge on any atom is -0.489 e. The summed E-state index contributed by atoms with van der Waals surface area (Å²) in [7, 11) is 0. The predicted molar refractivity (Wildman–Crippen MR) is 223 cm³/mol. The van der Waals surface area contributed by atoms with Crippen LogP contribution in [0.5, 0.6) is 5.75 Å². The summed E-state index contributed by atoms with van der Waals surface area (Å²) in [5, 5.41) is 12.0. The molecule has 1 N–H and O–H groups in total. The maximum atomic E-state index is 13.6. The summed E-state index contributed by atoms with van der Waals surface area (Å²) >= 11 is 6.27. The van der Waals surface area contributed by atoms with Gasteiger partial charge in [0, 0.05) is 105 Å². The molecule has 304 valence electrons. The van der Waals surface area contributed by atoms with Crippen LogP contribution in [-0.2, 0) is 16.1 Å². The highest BCUT2D eigenvalue weighted by molar-refractivity contribution is 6.31. The van der Waals surface area contributed by atoms with E-state index in [1.165, 1.54) is 5.69 Å². The molecule has 5 aliphatic rings. The number of piperazine rings is 1. The van der Waals surface area contributed by atoms with E-state index >= 15 is 0 Å². The Labute approximate surface area is 346 Å². The molecule has 8 rings (SSSR count). The van der Waals surface area contributed by atoms with Crippen LogP contribution < -0.4 is 19.9 Å². The number of fused-ring (bicyclic) bond motifs is 1. The van der Waals surface area contributed by atoms with Crippen LogP contribution in [0.25, 0.3) is 0 Å². The second kappa shape index (κ2) is 15.7. The fraction of sp³-hybridized carbons (Fsp3) is 0.500. The predicted octanol–water partition coefficient (Wildman–Crippen LogP) is 6.71. The van der Waals surface area contributed by atoms with Crippen molar-refractivity contribution in [2.45, 2.75) is 78.5 Å². The molecule has 3 amide bonds. The van der Waals surface area contributed by atoms with Gasteiger partial charge in [-0.15, -0.1) is 0 Å². The number of carbonyl (C=O) groups is 4. The molecule has 0 spiro atoms. The molecular weight excluding hydrogens is 752 g/mol. The van der Waals surface area contributed by atoms with Gasteiger partial charge in [0.25, 0.3) is 5.91 Å². The number of anilines is 2. The van der Waals surface area contributed by atoms with Gasteiger partial charge in [0.05, 0.1) is 10.6 Å². The van der Waals surface area contributed by atoms with Crippen molar-refractivity contribution in [2.24, 2.45) is 22.7 Å². The van der Waals surface area contributed by atoms with Gasteiger partial charge in [0.15, 0.2) is 5.78 Å². The highest BCUT2D eigenvalue weighted by atomic mass is 35.5. The van der Waals surface area contributed by atoms with E-state index in [0.717, 1.165) is 75.5 Å². The normalized spacial score (nSPS) is 24.5. The molecule has 1 aliphatic carbocycles. The number of halogens is 1. The molecule has 0 aromatic heterocycles. The lowest BCUT2D eigenvalue weighted by Crippen LogP contribution is -2.66. The SMILES string of the molecule is CC1(C)C(CC(=O)c2ccc(N3CCC(CN4CCN(c5ccc6c(c5)CN(C5CCC(=O)NC5=O)C6=O)CC4)CC3)cc2)C(C)(C)C1Oc1ccc(C#N)c(Cl)c1. The number of nitriles is 1. The van der Waals surface area contributed by atoms with Gasteiger partial charge in [0.2, 0.25) is 11.8 Å². The zero-order valence-corrected chi connectivity index (χ0v) is 34.7. The van der Waals surface area contributed by atoms with Crippen LogP contribution in [-0.4, -0.2) is 91.3 Å². The van der Waals surface area contributed by atoms with E-state index in [0.29, 0.717) is 47.2 Å². The van der Waals surface area contributed by atoms with Crippen LogP contribution in [0.2, 0.25) is 5.02 Å². The molecule has 11 nitrogen and oxygen atoms in total. The number of hydrogen-bond acceptors (Lipinski definition) is 9. The monoisotopic (exact) mass is 804 g/mol. The molecule has 0 bridgehead atoms. The number of ether oxygens (including phenoxy) is 1. The first kappa shape index (κ1) is 39.9. The summed E-state index contributed by atoms with van der Waals surface area (Å²) in [6.07, 6.45) is 3.23. The molecule has 4 heterocycles. The quantitative estimate of drug-likeness (QED) is 0.176. The van der Waals surface area contributed by atoms with Crippen molar-refractivity contribution in [3.63, 3.8) is 0 Å². The highest BCUT2D eigenvalue weighted by Gasteiger charge is 2.63. The first-order valence-electron chi connectivity index (χ1n) is 20.7. The molecule has 1 saturated carbocycles. The van der Waals surface area contributed by atoms with Crippen molar-refractivity contribution >= 4 is 46.5 Å². The molecule has 12 heteroatoms. The van der Waals surface area contributed by atoms with E-state index in [1.54, 1.807) is 23.1 Å². The zero-order valence-electron chi connectivity index (χ0n) is 33.9. The minimum absolute atomic E-state index is 0.107. The molecule has 0 radical (unpaired) electrons. The van der Waals surface area contributed by atoms with Crippen LogP contribution in [0.4, 0.5) is 11.4 Å². The smallest absolute Gasteiger partial charge is 0.255 e. The molecule has 4 fully saturated rings. The average Bonchev–Trinajstić information content (AvgIpc) is 3.54. The number of nitrogens with one attached hydrogen (secondary N) is 1. The van der Waals surface area contributed by atoms with Gasteiger partial charge < -0.3 is 19.4 Å². The van der Waals surface area contributed by atoms with E-state index in [1.807, 2.05) is 24.3 Å². The Morgan fingerprint density at radius 2 is 1.53 bits per heavy atom. The highest BCUT2D eigenvalue weighted by Crippen LogP contribution is 2.61. The Morgan fingerprint density at radius 1 is 0.862 bits per heavy atom. The van der Waals surface area contributed by atoms with Crippen molar-refractivity contribution in [3.8, 4) is 11.8 Å². The third-order valence-corrected chi connectivity index (χ3v) is 14.1. The molecule has 58 heavy (non-hydrogen) atoms. The average molecular weight is 805 g/mol. The Balaban J connectivity index is 0.781. The number of imide groups is 1. The summed E-state index contributed by atoms with van der Waals surface area (Å²) in [4.78, 5) is 59.9. The summed E-state index contributed by atoms with van der Waals surface area (Å²) < 4.78 is 6.43. The van der Waals surface area contributed by atoms with E-state index in [2.05, 4.69) is 72.0 Å². The fourth-order valence-corrected chi connectivity index (χ4v) is 10.9. The lowest BCUT2D eigenvalue weighted by Gasteiger charge is -2.63. The van der Waals surface area contributed by atoms with Crippen LogP contribution >= 0.6 is 11.6 Å². The van der Waals surface area contributed by atoms with E-state index in [4.69, 9.17) is 16.3 Å². The van der Waals surface area contributed by atoms with Crippen LogP contribution in [0.15, 0.2) is 60.7 Å². The maximum Gasteiger partial charge on any atom is 0.255 e. The third-order valence-electron chi connectivity index (χ3n) is 13.8. The number of carbonyl (C=O) groups excluding carboxylic acids is 4. The Bertz CT molecular complexity index is 2130. The van der Waals surface area contributed by atoms with Crippen LogP contribution in [0, 0.1) is 34.0 Å². The van der Waals surface area contributed by atoms with Crippen molar-refractivity contribution in [1.82, 2.24) is 15.1 Å². The molecule has 3 saturated heterocycles.